The summed E-state index contributed by atoms with van der Waals surface area (Å²) >= 11 is 5.82. The zero-order valence-electron chi connectivity index (χ0n) is 11.1. The third-order valence-corrected chi connectivity index (χ3v) is 2.81. The summed E-state index contributed by atoms with van der Waals surface area (Å²) in [5.41, 5.74) is 0.868. The lowest BCUT2D eigenvalue weighted by Crippen LogP contribution is -2.13. The van der Waals surface area contributed by atoms with E-state index in [1.54, 1.807) is 12.1 Å². The molecule has 0 fully saturated rings. The highest BCUT2D eigenvalue weighted by Gasteiger charge is 2.06. The van der Waals surface area contributed by atoms with Crippen molar-refractivity contribution < 1.29 is 4.42 Å². The number of anilines is 2. The van der Waals surface area contributed by atoms with E-state index in [9.17, 15) is 0 Å². The standard InChI is InChI=1S/C13H17ClN4O/c1-18(2)9-3-4-12-16-17-13(19-12)15-11-7-5-10(14)6-8-11/h5-8H,3-4,9H2,1-2H3,(H,15,17). The predicted octanol–water partition coefficient (Wildman–Crippen LogP) is 2.96. The van der Waals surface area contributed by atoms with Gasteiger partial charge in [-0.25, -0.2) is 0 Å². The minimum atomic E-state index is 0.405. The van der Waals surface area contributed by atoms with Crippen LogP contribution in [0.2, 0.25) is 5.02 Å². The Bertz CT molecular complexity index is 510. The fourth-order valence-corrected chi connectivity index (χ4v) is 1.73. The lowest BCUT2D eigenvalue weighted by molar-refractivity contribution is 0.388. The van der Waals surface area contributed by atoms with Gasteiger partial charge in [-0.1, -0.05) is 16.7 Å². The molecule has 19 heavy (non-hydrogen) atoms. The smallest absolute Gasteiger partial charge is 0.320 e. The van der Waals surface area contributed by atoms with Crippen molar-refractivity contribution in [3.05, 3.63) is 35.2 Å². The van der Waals surface area contributed by atoms with E-state index in [1.807, 2.05) is 26.2 Å². The van der Waals surface area contributed by atoms with Crippen molar-refractivity contribution in [1.29, 1.82) is 0 Å². The number of halogens is 1. The number of hydrogen-bond acceptors (Lipinski definition) is 5. The number of hydrogen-bond donors (Lipinski definition) is 1. The second-order valence-corrected chi connectivity index (χ2v) is 4.98. The van der Waals surface area contributed by atoms with E-state index in [-0.39, 0.29) is 0 Å². The molecular formula is C13H17ClN4O. The summed E-state index contributed by atoms with van der Waals surface area (Å²) in [6, 6.07) is 7.73. The molecule has 0 unspecified atom stereocenters. The minimum absolute atomic E-state index is 0.405. The normalized spacial score (nSPS) is 10.9. The Hall–Kier alpha value is -1.59. The molecule has 0 aliphatic carbocycles. The molecule has 0 bridgehead atoms. The van der Waals surface area contributed by atoms with Gasteiger partial charge in [0.05, 0.1) is 0 Å². The van der Waals surface area contributed by atoms with Crippen LogP contribution in [-0.2, 0) is 6.42 Å². The van der Waals surface area contributed by atoms with Gasteiger partial charge in [0.2, 0.25) is 5.89 Å². The Kier molecular flexibility index (Phi) is 4.76. The first-order chi connectivity index (χ1) is 9.13. The highest BCUT2D eigenvalue weighted by atomic mass is 35.5. The summed E-state index contributed by atoms with van der Waals surface area (Å²) in [6.45, 7) is 1.00. The van der Waals surface area contributed by atoms with Crippen LogP contribution in [0.3, 0.4) is 0 Å². The molecule has 0 aliphatic heterocycles. The van der Waals surface area contributed by atoms with Gasteiger partial charge in [-0.2, -0.15) is 0 Å². The molecule has 1 aromatic heterocycles. The number of nitrogens with zero attached hydrogens (tertiary/aromatic N) is 3. The second kappa shape index (κ2) is 6.54. The Morgan fingerprint density at radius 1 is 1.21 bits per heavy atom. The maximum atomic E-state index is 5.82. The Morgan fingerprint density at radius 2 is 1.95 bits per heavy atom. The van der Waals surface area contributed by atoms with Gasteiger partial charge in [-0.3, -0.25) is 0 Å². The van der Waals surface area contributed by atoms with Gasteiger partial charge < -0.3 is 14.6 Å². The average molecular weight is 281 g/mol. The summed E-state index contributed by atoms with van der Waals surface area (Å²) in [5.74, 6) is 0.651. The molecule has 0 aliphatic rings. The number of rotatable bonds is 6. The minimum Gasteiger partial charge on any atom is -0.408 e. The van der Waals surface area contributed by atoms with E-state index >= 15 is 0 Å². The van der Waals surface area contributed by atoms with Crippen molar-refractivity contribution in [2.24, 2.45) is 0 Å². The van der Waals surface area contributed by atoms with E-state index in [2.05, 4.69) is 20.4 Å². The third-order valence-electron chi connectivity index (χ3n) is 2.56. The van der Waals surface area contributed by atoms with Gasteiger partial charge >= 0.3 is 6.01 Å². The molecule has 102 valence electrons. The zero-order valence-corrected chi connectivity index (χ0v) is 11.8. The monoisotopic (exact) mass is 280 g/mol. The summed E-state index contributed by atoms with van der Waals surface area (Å²) in [7, 11) is 4.09. The van der Waals surface area contributed by atoms with E-state index < -0.39 is 0 Å². The number of aromatic nitrogens is 2. The molecular weight excluding hydrogens is 264 g/mol. The lowest BCUT2D eigenvalue weighted by Gasteiger charge is -2.06. The molecule has 0 saturated carbocycles. The quantitative estimate of drug-likeness (QED) is 0.882. The zero-order chi connectivity index (χ0) is 13.7. The molecule has 6 heteroatoms. The van der Waals surface area contributed by atoms with Gasteiger partial charge in [0.15, 0.2) is 0 Å². The van der Waals surface area contributed by atoms with Crippen molar-refractivity contribution in [3.63, 3.8) is 0 Å². The van der Waals surface area contributed by atoms with Crippen LogP contribution in [0.4, 0.5) is 11.7 Å². The molecule has 0 saturated heterocycles. The van der Waals surface area contributed by atoms with Crippen LogP contribution in [0, 0.1) is 0 Å². The van der Waals surface area contributed by atoms with Gasteiger partial charge in [0, 0.05) is 17.1 Å². The third kappa shape index (κ3) is 4.54. The number of aryl methyl sites for hydroxylation is 1. The van der Waals surface area contributed by atoms with Crippen molar-refractivity contribution in [3.8, 4) is 0 Å². The Labute approximate surface area is 117 Å². The average Bonchev–Trinajstić information content (AvgIpc) is 2.79. The Balaban J connectivity index is 1.88. The van der Waals surface area contributed by atoms with Gasteiger partial charge in [0.25, 0.3) is 0 Å². The van der Waals surface area contributed by atoms with Gasteiger partial charge in [0.1, 0.15) is 0 Å². The van der Waals surface area contributed by atoms with Crippen molar-refractivity contribution >= 4 is 23.3 Å². The van der Waals surface area contributed by atoms with Crippen LogP contribution in [0.1, 0.15) is 12.3 Å². The molecule has 0 spiro atoms. The SMILES string of the molecule is CN(C)CCCc1nnc(Nc2ccc(Cl)cc2)o1. The fourth-order valence-electron chi connectivity index (χ4n) is 1.61. The van der Waals surface area contributed by atoms with Crippen LogP contribution in [0.5, 0.6) is 0 Å². The maximum Gasteiger partial charge on any atom is 0.320 e. The first-order valence-electron chi connectivity index (χ1n) is 6.13. The van der Waals surface area contributed by atoms with Crippen LogP contribution in [-0.4, -0.2) is 35.7 Å². The highest BCUT2D eigenvalue weighted by molar-refractivity contribution is 6.30. The summed E-state index contributed by atoms with van der Waals surface area (Å²) in [4.78, 5) is 2.13. The van der Waals surface area contributed by atoms with Crippen molar-refractivity contribution in [1.82, 2.24) is 15.1 Å². The molecule has 5 nitrogen and oxygen atoms in total. The van der Waals surface area contributed by atoms with Crippen LogP contribution in [0.25, 0.3) is 0 Å². The molecule has 1 aromatic carbocycles. The van der Waals surface area contributed by atoms with Crippen LogP contribution in [0.15, 0.2) is 28.7 Å². The highest BCUT2D eigenvalue weighted by Crippen LogP contribution is 2.18. The largest absolute Gasteiger partial charge is 0.408 e. The first kappa shape index (κ1) is 13.8. The van der Waals surface area contributed by atoms with E-state index in [0.717, 1.165) is 25.1 Å². The van der Waals surface area contributed by atoms with Gasteiger partial charge in [-0.05, 0) is 51.3 Å². The summed E-state index contributed by atoms with van der Waals surface area (Å²) in [6.07, 6.45) is 1.78. The van der Waals surface area contributed by atoms with E-state index in [1.165, 1.54) is 0 Å². The topological polar surface area (TPSA) is 54.2 Å². The van der Waals surface area contributed by atoms with E-state index in [4.69, 9.17) is 16.0 Å². The van der Waals surface area contributed by atoms with Crippen molar-refractivity contribution in [2.45, 2.75) is 12.8 Å². The fraction of sp³-hybridized carbons (Fsp3) is 0.385. The first-order valence-corrected chi connectivity index (χ1v) is 6.51. The number of benzene rings is 1. The molecule has 0 radical (unpaired) electrons. The van der Waals surface area contributed by atoms with Crippen LogP contribution >= 0.6 is 11.6 Å². The lowest BCUT2D eigenvalue weighted by atomic mass is 10.3. The Morgan fingerprint density at radius 3 is 2.63 bits per heavy atom. The summed E-state index contributed by atoms with van der Waals surface area (Å²) < 4.78 is 5.51. The molecule has 1 heterocycles. The molecule has 2 rings (SSSR count). The molecule has 2 aromatic rings. The predicted molar refractivity (Wildman–Crippen MR) is 75.9 cm³/mol. The van der Waals surface area contributed by atoms with Crippen LogP contribution < -0.4 is 5.32 Å². The van der Waals surface area contributed by atoms with Crippen molar-refractivity contribution in [2.75, 3.05) is 26.0 Å². The van der Waals surface area contributed by atoms with Gasteiger partial charge in [-0.15, -0.1) is 5.10 Å². The second-order valence-electron chi connectivity index (χ2n) is 4.54. The maximum absolute atomic E-state index is 5.82. The molecule has 0 amide bonds. The number of nitrogens with one attached hydrogen (secondary N) is 1. The molecule has 0 atom stereocenters. The summed E-state index contributed by atoms with van der Waals surface area (Å²) in [5, 5.41) is 11.7. The van der Waals surface area contributed by atoms with E-state index in [0.29, 0.717) is 16.9 Å². The molecule has 1 N–H and O–H groups in total.